The number of benzene rings is 3. The Labute approximate surface area is 261 Å². The highest BCUT2D eigenvalue weighted by Crippen LogP contribution is 2.28. The number of aliphatic imine (C=N–C) groups is 1. The number of halogens is 2. The van der Waals surface area contributed by atoms with E-state index in [1.54, 1.807) is 27.0 Å². The van der Waals surface area contributed by atoms with Gasteiger partial charge in [-0.15, -0.1) is 0 Å². The molecule has 42 heavy (non-hydrogen) atoms. The molecule has 3 aromatic rings. The topological polar surface area (TPSA) is 70.7 Å². The number of rotatable bonds is 11. The number of hydrogen-bond acceptors (Lipinski definition) is 3. The third-order valence-electron chi connectivity index (χ3n) is 7.20. The van der Waals surface area contributed by atoms with E-state index >= 15 is 0 Å². The van der Waals surface area contributed by atoms with Gasteiger partial charge in [0.1, 0.15) is 5.84 Å². The molecule has 1 amide bonds. The first-order chi connectivity index (χ1) is 20.0. The van der Waals surface area contributed by atoms with Gasteiger partial charge >= 0.3 is 0 Å². The van der Waals surface area contributed by atoms with Gasteiger partial charge in [-0.25, -0.2) is 0 Å². The Balaban J connectivity index is 2.13. The van der Waals surface area contributed by atoms with Crippen molar-refractivity contribution in [1.82, 2.24) is 10.2 Å². The summed E-state index contributed by atoms with van der Waals surface area (Å²) in [4.78, 5) is 20.4. The van der Waals surface area contributed by atoms with Gasteiger partial charge in [-0.2, -0.15) is 0 Å². The van der Waals surface area contributed by atoms with Crippen LogP contribution in [0.15, 0.2) is 95.6 Å². The zero-order valence-corrected chi connectivity index (χ0v) is 26.9. The molecule has 0 bridgehead atoms. The Morgan fingerprint density at radius 1 is 0.976 bits per heavy atom. The number of nitrogens with two attached hydrogens (primary N) is 1. The van der Waals surface area contributed by atoms with E-state index in [9.17, 15) is 4.79 Å². The van der Waals surface area contributed by atoms with Crippen molar-refractivity contribution in [3.8, 4) is 0 Å². The van der Waals surface area contributed by atoms with Gasteiger partial charge in [0.25, 0.3) is 0 Å². The van der Waals surface area contributed by atoms with Crippen LogP contribution in [0.2, 0.25) is 10.0 Å². The molecule has 0 aliphatic heterocycles. The Kier molecular flexibility index (Phi) is 12.0. The van der Waals surface area contributed by atoms with Crippen LogP contribution in [-0.4, -0.2) is 35.3 Å². The second kappa shape index (κ2) is 15.2. The molecule has 3 rings (SSSR count). The van der Waals surface area contributed by atoms with Crippen LogP contribution in [0.3, 0.4) is 0 Å². The summed E-state index contributed by atoms with van der Waals surface area (Å²) < 4.78 is 0. The minimum atomic E-state index is -1.07. The highest BCUT2D eigenvalue weighted by molar-refractivity contribution is 6.42. The van der Waals surface area contributed by atoms with Gasteiger partial charge in [0.2, 0.25) is 5.91 Å². The van der Waals surface area contributed by atoms with E-state index in [-0.39, 0.29) is 5.91 Å². The summed E-state index contributed by atoms with van der Waals surface area (Å²) in [6.45, 7) is 10.0. The first kappa shape index (κ1) is 33.1. The van der Waals surface area contributed by atoms with E-state index < -0.39 is 11.6 Å². The third kappa shape index (κ3) is 8.81. The van der Waals surface area contributed by atoms with Gasteiger partial charge < -0.3 is 16.0 Å². The lowest BCUT2D eigenvalue weighted by Crippen LogP contribution is -2.56. The molecule has 222 valence electrons. The normalized spacial score (nSPS) is 13.6. The lowest BCUT2D eigenvalue weighted by Gasteiger charge is -2.35. The van der Waals surface area contributed by atoms with Crippen LogP contribution in [0.5, 0.6) is 0 Å². The molecule has 0 saturated heterocycles. The van der Waals surface area contributed by atoms with Crippen LogP contribution < -0.4 is 11.1 Å². The van der Waals surface area contributed by atoms with Crippen molar-refractivity contribution in [2.75, 3.05) is 7.05 Å². The SMILES string of the molecule is CC=C(Cc1ccccc1)N(Cc1ccc(Cl)c(Cl)c1)C(=NC)[C@@H](C/C(=C/C)c1ccccc1C)NC(=O)C(C)(C)N. The molecular formula is C35H42Cl2N4O. The molecule has 0 aliphatic rings. The Hall–Kier alpha value is -3.38. The van der Waals surface area contributed by atoms with Crippen molar-refractivity contribution in [1.29, 1.82) is 0 Å². The van der Waals surface area contributed by atoms with Gasteiger partial charge in [0.05, 0.1) is 21.6 Å². The molecule has 0 heterocycles. The average molecular weight is 606 g/mol. The van der Waals surface area contributed by atoms with Gasteiger partial charge in [-0.05, 0) is 74.6 Å². The number of amidine groups is 1. The standard InChI is InChI=1S/C35H42Cl2N4O/c1-7-27(29-17-13-12-14-24(29)3)22-32(40-34(42)35(4,5)38)33(39-6)41(23-26-18-19-30(36)31(37)21-26)28(8-2)20-25-15-10-9-11-16-25/h7-19,21,32H,20,22-23,38H2,1-6H3,(H,40,42)/b27-7-,28-8?,39-33?/t32-/m1/s1. The predicted octanol–water partition coefficient (Wildman–Crippen LogP) is 7.99. The number of nitrogens with one attached hydrogen (secondary N) is 1. The molecule has 0 spiro atoms. The quantitative estimate of drug-likeness (QED) is 0.172. The molecule has 0 aliphatic carbocycles. The fourth-order valence-corrected chi connectivity index (χ4v) is 5.18. The van der Waals surface area contributed by atoms with Crippen LogP contribution in [0.1, 0.15) is 56.4 Å². The Morgan fingerprint density at radius 2 is 1.64 bits per heavy atom. The van der Waals surface area contributed by atoms with Gasteiger partial charge in [-0.3, -0.25) is 9.79 Å². The molecule has 0 radical (unpaired) electrons. The largest absolute Gasteiger partial charge is 0.344 e. The van der Waals surface area contributed by atoms with Crippen molar-refractivity contribution >= 4 is 40.5 Å². The minimum absolute atomic E-state index is 0.256. The molecule has 0 unspecified atom stereocenters. The monoisotopic (exact) mass is 604 g/mol. The zero-order valence-electron chi connectivity index (χ0n) is 25.4. The lowest BCUT2D eigenvalue weighted by molar-refractivity contribution is -0.125. The Bertz CT molecular complexity index is 1460. The predicted molar refractivity (Wildman–Crippen MR) is 179 cm³/mol. The highest BCUT2D eigenvalue weighted by Gasteiger charge is 2.31. The lowest BCUT2D eigenvalue weighted by atomic mass is 9.93. The van der Waals surface area contributed by atoms with Crippen molar-refractivity contribution in [2.45, 2.75) is 65.6 Å². The summed E-state index contributed by atoms with van der Waals surface area (Å²) in [5.74, 6) is 0.462. The maximum atomic E-state index is 13.4. The molecule has 5 nitrogen and oxygen atoms in total. The van der Waals surface area contributed by atoms with E-state index in [0.717, 1.165) is 39.4 Å². The van der Waals surface area contributed by atoms with E-state index in [1.165, 1.54) is 0 Å². The van der Waals surface area contributed by atoms with Crippen molar-refractivity contribution in [3.05, 3.63) is 123 Å². The third-order valence-corrected chi connectivity index (χ3v) is 7.94. The molecule has 7 heteroatoms. The molecule has 0 fully saturated rings. The number of carbonyl (C=O) groups excluding carboxylic acids is 1. The number of hydrogen-bond donors (Lipinski definition) is 2. The molecule has 3 aromatic carbocycles. The summed E-state index contributed by atoms with van der Waals surface area (Å²) in [5.41, 5.74) is 11.8. The molecule has 0 saturated carbocycles. The molecule has 3 N–H and O–H groups in total. The smallest absolute Gasteiger partial charge is 0.240 e. The first-order valence-corrected chi connectivity index (χ1v) is 14.9. The second-order valence-corrected chi connectivity index (χ2v) is 11.8. The molecule has 0 aromatic heterocycles. The number of amides is 1. The summed E-state index contributed by atoms with van der Waals surface area (Å²) in [6.07, 6.45) is 5.40. The van der Waals surface area contributed by atoms with Crippen LogP contribution in [0.4, 0.5) is 0 Å². The van der Waals surface area contributed by atoms with E-state index in [1.807, 2.05) is 56.3 Å². The maximum Gasteiger partial charge on any atom is 0.240 e. The van der Waals surface area contributed by atoms with Gasteiger partial charge in [0.15, 0.2) is 0 Å². The summed E-state index contributed by atoms with van der Waals surface area (Å²) in [7, 11) is 1.77. The summed E-state index contributed by atoms with van der Waals surface area (Å²) in [6, 6.07) is 23.7. The van der Waals surface area contributed by atoms with Gasteiger partial charge in [0, 0.05) is 32.1 Å². The highest BCUT2D eigenvalue weighted by atomic mass is 35.5. The zero-order chi connectivity index (χ0) is 30.9. The summed E-state index contributed by atoms with van der Waals surface area (Å²) in [5, 5.41) is 4.22. The van der Waals surface area contributed by atoms with Crippen molar-refractivity contribution in [2.24, 2.45) is 10.7 Å². The molecular weight excluding hydrogens is 563 g/mol. The maximum absolute atomic E-state index is 13.4. The van der Waals surface area contributed by atoms with Crippen LogP contribution in [0, 0.1) is 6.92 Å². The number of aryl methyl sites for hydroxylation is 1. The van der Waals surface area contributed by atoms with Crippen LogP contribution in [-0.2, 0) is 17.8 Å². The van der Waals surface area contributed by atoms with Gasteiger partial charge in [-0.1, -0.05) is 96.0 Å². The van der Waals surface area contributed by atoms with Crippen molar-refractivity contribution in [3.63, 3.8) is 0 Å². The number of allylic oxidation sites excluding steroid dienone is 3. The van der Waals surface area contributed by atoms with E-state index in [4.69, 9.17) is 33.9 Å². The fraction of sp³-hybridized carbons (Fsp3) is 0.314. The number of carbonyl (C=O) groups is 1. The molecule has 1 atom stereocenters. The number of nitrogens with zero attached hydrogens (tertiary/aromatic N) is 2. The van der Waals surface area contributed by atoms with Crippen molar-refractivity contribution < 1.29 is 4.79 Å². The fourth-order valence-electron chi connectivity index (χ4n) is 4.86. The van der Waals surface area contributed by atoms with E-state index in [0.29, 0.717) is 29.4 Å². The summed E-state index contributed by atoms with van der Waals surface area (Å²) >= 11 is 12.7. The average Bonchev–Trinajstić information content (AvgIpc) is 2.96. The Morgan fingerprint density at radius 3 is 2.21 bits per heavy atom. The van der Waals surface area contributed by atoms with Crippen LogP contribution in [0.25, 0.3) is 5.57 Å². The van der Waals surface area contributed by atoms with Crippen LogP contribution >= 0.6 is 23.2 Å². The second-order valence-electron chi connectivity index (χ2n) is 10.9. The van der Waals surface area contributed by atoms with E-state index in [2.05, 4.69) is 53.6 Å². The minimum Gasteiger partial charge on any atom is -0.344 e. The first-order valence-electron chi connectivity index (χ1n) is 14.2.